The van der Waals surface area contributed by atoms with Gasteiger partial charge >= 0.3 is 5.97 Å². The molecule has 0 aliphatic heterocycles. The summed E-state index contributed by atoms with van der Waals surface area (Å²) in [4.78, 5) is 11.5. The van der Waals surface area contributed by atoms with E-state index in [2.05, 4.69) is 29.2 Å². The van der Waals surface area contributed by atoms with E-state index < -0.39 is 6.10 Å². The maximum absolute atomic E-state index is 11.5. The number of hydrogen-bond acceptors (Lipinski definition) is 3. The summed E-state index contributed by atoms with van der Waals surface area (Å²) in [7, 11) is 0. The molecule has 0 spiro atoms. The van der Waals surface area contributed by atoms with E-state index in [0.29, 0.717) is 13.2 Å². The van der Waals surface area contributed by atoms with Crippen molar-refractivity contribution >= 4 is 28.6 Å². The highest BCUT2D eigenvalue weighted by Crippen LogP contribution is 2.08. The number of esters is 1. The highest BCUT2D eigenvalue weighted by molar-refractivity contribution is 14.1. The van der Waals surface area contributed by atoms with Crippen LogP contribution in [0.4, 0.5) is 0 Å². The Balaban J connectivity index is 3.92. The standard InChI is InChI=1S/C11H19IO3/c1-3-9-15-10(7-5-6-8-12)11(13)14-4-2/h3,10H,1,4-9H2,2H3. The van der Waals surface area contributed by atoms with Crippen molar-refractivity contribution in [1.29, 1.82) is 0 Å². The molecule has 0 aliphatic rings. The van der Waals surface area contributed by atoms with Crippen LogP contribution in [-0.2, 0) is 14.3 Å². The average molecular weight is 326 g/mol. The number of unbranched alkanes of at least 4 members (excludes halogenated alkanes) is 1. The van der Waals surface area contributed by atoms with Crippen molar-refractivity contribution in [3.63, 3.8) is 0 Å². The second kappa shape index (κ2) is 10.4. The molecule has 0 rings (SSSR count). The number of ether oxygens (including phenoxy) is 2. The molecule has 0 radical (unpaired) electrons. The first-order chi connectivity index (χ1) is 7.26. The third kappa shape index (κ3) is 7.79. The maximum atomic E-state index is 11.5. The van der Waals surface area contributed by atoms with Gasteiger partial charge in [-0.2, -0.15) is 0 Å². The number of carbonyl (C=O) groups excluding carboxylic acids is 1. The maximum Gasteiger partial charge on any atom is 0.335 e. The first kappa shape index (κ1) is 14.9. The number of carbonyl (C=O) groups is 1. The molecule has 88 valence electrons. The number of hydrogen-bond donors (Lipinski definition) is 0. The molecule has 4 heteroatoms. The van der Waals surface area contributed by atoms with Crippen LogP contribution in [0.3, 0.4) is 0 Å². The molecule has 0 aromatic heterocycles. The predicted molar refractivity (Wildman–Crippen MR) is 69.3 cm³/mol. The summed E-state index contributed by atoms with van der Waals surface area (Å²) in [5, 5.41) is 0. The summed E-state index contributed by atoms with van der Waals surface area (Å²) < 4.78 is 11.4. The van der Waals surface area contributed by atoms with Crippen LogP contribution in [0.25, 0.3) is 0 Å². The first-order valence-corrected chi connectivity index (χ1v) is 6.73. The van der Waals surface area contributed by atoms with E-state index in [0.717, 1.165) is 23.7 Å². The lowest BCUT2D eigenvalue weighted by Gasteiger charge is -2.14. The topological polar surface area (TPSA) is 35.5 Å². The molecule has 0 aromatic carbocycles. The largest absolute Gasteiger partial charge is 0.464 e. The minimum atomic E-state index is -0.425. The third-order valence-electron chi connectivity index (χ3n) is 1.81. The number of alkyl halides is 1. The molecule has 0 aromatic rings. The van der Waals surface area contributed by atoms with Gasteiger partial charge in [-0.25, -0.2) is 4.79 Å². The molecule has 15 heavy (non-hydrogen) atoms. The van der Waals surface area contributed by atoms with Gasteiger partial charge in [-0.05, 0) is 30.6 Å². The van der Waals surface area contributed by atoms with Crippen LogP contribution in [0, 0.1) is 0 Å². The summed E-state index contributed by atoms with van der Waals surface area (Å²) in [6.45, 7) is 6.15. The molecule has 1 atom stereocenters. The summed E-state index contributed by atoms with van der Waals surface area (Å²) in [5.74, 6) is -0.257. The van der Waals surface area contributed by atoms with Gasteiger partial charge in [-0.15, -0.1) is 6.58 Å². The van der Waals surface area contributed by atoms with Crippen molar-refractivity contribution in [3.05, 3.63) is 12.7 Å². The fourth-order valence-corrected chi connectivity index (χ4v) is 1.65. The quantitative estimate of drug-likeness (QED) is 0.215. The summed E-state index contributed by atoms with van der Waals surface area (Å²) >= 11 is 2.32. The van der Waals surface area contributed by atoms with Gasteiger partial charge in [-0.1, -0.05) is 28.7 Å². The van der Waals surface area contributed by atoms with E-state index in [1.807, 2.05) is 0 Å². The highest BCUT2D eigenvalue weighted by Gasteiger charge is 2.19. The molecule has 0 aliphatic carbocycles. The van der Waals surface area contributed by atoms with Crippen LogP contribution < -0.4 is 0 Å². The SMILES string of the molecule is C=CCOC(CCCCI)C(=O)OCC. The molecular formula is C11H19IO3. The molecule has 1 unspecified atom stereocenters. The zero-order chi connectivity index (χ0) is 11.5. The van der Waals surface area contributed by atoms with Crippen molar-refractivity contribution in [3.8, 4) is 0 Å². The van der Waals surface area contributed by atoms with Crippen molar-refractivity contribution < 1.29 is 14.3 Å². The minimum absolute atomic E-state index is 0.257. The summed E-state index contributed by atoms with van der Waals surface area (Å²) in [6.07, 6.45) is 4.04. The molecule has 0 bridgehead atoms. The Morgan fingerprint density at radius 1 is 1.53 bits per heavy atom. The molecule has 0 amide bonds. The van der Waals surface area contributed by atoms with Gasteiger partial charge in [0.15, 0.2) is 6.10 Å². The first-order valence-electron chi connectivity index (χ1n) is 5.21. The van der Waals surface area contributed by atoms with Gasteiger partial charge < -0.3 is 9.47 Å². The highest BCUT2D eigenvalue weighted by atomic mass is 127. The Labute approximate surface area is 105 Å². The van der Waals surface area contributed by atoms with E-state index >= 15 is 0 Å². The number of rotatable bonds is 9. The fourth-order valence-electron chi connectivity index (χ4n) is 1.11. The third-order valence-corrected chi connectivity index (χ3v) is 2.58. The van der Waals surface area contributed by atoms with Crippen LogP contribution >= 0.6 is 22.6 Å². The van der Waals surface area contributed by atoms with Gasteiger partial charge in [0, 0.05) is 0 Å². The minimum Gasteiger partial charge on any atom is -0.464 e. The van der Waals surface area contributed by atoms with E-state index in [9.17, 15) is 4.79 Å². The van der Waals surface area contributed by atoms with Gasteiger partial charge in [0.1, 0.15) is 0 Å². The average Bonchev–Trinajstić information content (AvgIpc) is 2.23. The lowest BCUT2D eigenvalue weighted by Crippen LogP contribution is -2.26. The van der Waals surface area contributed by atoms with Crippen molar-refractivity contribution in [1.82, 2.24) is 0 Å². The van der Waals surface area contributed by atoms with E-state index in [-0.39, 0.29) is 5.97 Å². The van der Waals surface area contributed by atoms with Crippen LogP contribution in [0.15, 0.2) is 12.7 Å². The van der Waals surface area contributed by atoms with Gasteiger partial charge in [-0.3, -0.25) is 0 Å². The Morgan fingerprint density at radius 2 is 2.27 bits per heavy atom. The predicted octanol–water partition coefficient (Wildman–Crippen LogP) is 2.73. The van der Waals surface area contributed by atoms with Crippen LogP contribution in [0.2, 0.25) is 0 Å². The Hall–Kier alpha value is -0.100. The van der Waals surface area contributed by atoms with Gasteiger partial charge in [0.05, 0.1) is 13.2 Å². The van der Waals surface area contributed by atoms with Crippen LogP contribution in [-0.4, -0.2) is 29.7 Å². The number of halogens is 1. The normalized spacial score (nSPS) is 12.1. The lowest BCUT2D eigenvalue weighted by molar-refractivity contribution is -0.156. The van der Waals surface area contributed by atoms with Crippen molar-refractivity contribution in [2.45, 2.75) is 32.3 Å². The summed E-state index contributed by atoms with van der Waals surface area (Å²) in [6, 6.07) is 0. The molecular weight excluding hydrogens is 307 g/mol. The Kier molecular flexibility index (Phi) is 10.3. The fraction of sp³-hybridized carbons (Fsp3) is 0.727. The lowest BCUT2D eigenvalue weighted by atomic mass is 10.1. The molecule has 3 nitrogen and oxygen atoms in total. The van der Waals surface area contributed by atoms with Gasteiger partial charge in [0.25, 0.3) is 0 Å². The van der Waals surface area contributed by atoms with E-state index in [4.69, 9.17) is 9.47 Å². The Morgan fingerprint density at radius 3 is 2.80 bits per heavy atom. The summed E-state index contributed by atoms with van der Waals surface area (Å²) in [5.41, 5.74) is 0. The van der Waals surface area contributed by atoms with E-state index in [1.165, 1.54) is 0 Å². The van der Waals surface area contributed by atoms with Crippen LogP contribution in [0.1, 0.15) is 26.2 Å². The second-order valence-electron chi connectivity index (χ2n) is 3.05. The zero-order valence-corrected chi connectivity index (χ0v) is 11.4. The Bertz CT molecular complexity index is 183. The zero-order valence-electron chi connectivity index (χ0n) is 9.21. The molecule has 0 saturated heterocycles. The van der Waals surface area contributed by atoms with E-state index in [1.54, 1.807) is 13.0 Å². The smallest absolute Gasteiger partial charge is 0.335 e. The second-order valence-corrected chi connectivity index (χ2v) is 4.13. The van der Waals surface area contributed by atoms with Gasteiger partial charge in [0.2, 0.25) is 0 Å². The van der Waals surface area contributed by atoms with Crippen LogP contribution in [0.5, 0.6) is 0 Å². The van der Waals surface area contributed by atoms with Crippen molar-refractivity contribution in [2.75, 3.05) is 17.6 Å². The molecule has 0 fully saturated rings. The molecule has 0 N–H and O–H groups in total. The molecule has 0 heterocycles. The van der Waals surface area contributed by atoms with Crippen molar-refractivity contribution in [2.24, 2.45) is 0 Å². The monoisotopic (exact) mass is 326 g/mol. The molecule has 0 saturated carbocycles.